The fourth-order valence-corrected chi connectivity index (χ4v) is 3.11. The molecule has 142 valence electrons. The lowest BCUT2D eigenvalue weighted by atomic mass is 9.99. The Balaban J connectivity index is 1.51. The number of aryl methyl sites for hydroxylation is 1. The highest BCUT2D eigenvalue weighted by Crippen LogP contribution is 2.23. The number of rotatable bonds is 6. The predicted octanol–water partition coefficient (Wildman–Crippen LogP) is -0.166. The molecule has 3 rings (SSSR count). The largest absolute Gasteiger partial charge is 0.433 e. The lowest BCUT2D eigenvalue weighted by Crippen LogP contribution is -2.59. The van der Waals surface area contributed by atoms with Crippen molar-refractivity contribution in [3.63, 3.8) is 0 Å². The molecular formula is C18H23NO7. The van der Waals surface area contributed by atoms with Gasteiger partial charge in [0.25, 0.3) is 0 Å². The van der Waals surface area contributed by atoms with Gasteiger partial charge in [-0.25, -0.2) is 0 Å². The van der Waals surface area contributed by atoms with Gasteiger partial charge in [0.2, 0.25) is 6.29 Å². The van der Waals surface area contributed by atoms with Gasteiger partial charge in [-0.3, -0.25) is 4.79 Å². The van der Waals surface area contributed by atoms with Crippen molar-refractivity contribution in [2.45, 2.75) is 50.0 Å². The second-order valence-corrected chi connectivity index (χ2v) is 6.40. The van der Waals surface area contributed by atoms with Crippen LogP contribution >= 0.6 is 0 Å². The van der Waals surface area contributed by atoms with Crippen LogP contribution < -0.4 is 0 Å². The Labute approximate surface area is 150 Å². The normalized spacial score (nSPS) is 29.0. The molecule has 0 amide bonds. The number of fused-ring (bicyclic) bond motifs is 1. The molecule has 26 heavy (non-hydrogen) atoms. The average Bonchev–Trinajstić information content (AvgIpc) is 3.05. The third-order valence-electron chi connectivity index (χ3n) is 4.60. The van der Waals surface area contributed by atoms with Crippen molar-refractivity contribution >= 4 is 16.9 Å². The number of aliphatic hydroxyl groups excluding tert-OH is 4. The summed E-state index contributed by atoms with van der Waals surface area (Å²) in [4.78, 5) is 15.2. The second kappa shape index (κ2) is 8.15. The zero-order chi connectivity index (χ0) is 18.7. The van der Waals surface area contributed by atoms with Crippen molar-refractivity contribution < 1.29 is 34.7 Å². The number of esters is 1. The molecule has 5 unspecified atom stereocenters. The summed E-state index contributed by atoms with van der Waals surface area (Å²) in [6.07, 6.45) is -3.92. The Kier molecular flexibility index (Phi) is 5.90. The van der Waals surface area contributed by atoms with Crippen LogP contribution in [0.1, 0.15) is 18.4 Å². The summed E-state index contributed by atoms with van der Waals surface area (Å²) in [5, 5.41) is 39.5. The van der Waals surface area contributed by atoms with Crippen molar-refractivity contribution in [3.8, 4) is 0 Å². The van der Waals surface area contributed by atoms with E-state index in [4.69, 9.17) is 14.6 Å². The molecule has 0 saturated carbocycles. The number of aliphatic hydroxyl groups is 4. The summed E-state index contributed by atoms with van der Waals surface area (Å²) in [5.74, 6) is -0.589. The van der Waals surface area contributed by atoms with Gasteiger partial charge in [-0.2, -0.15) is 0 Å². The van der Waals surface area contributed by atoms with Gasteiger partial charge in [0.15, 0.2) is 0 Å². The van der Waals surface area contributed by atoms with Crippen LogP contribution in [-0.2, 0) is 20.7 Å². The van der Waals surface area contributed by atoms with Crippen LogP contribution in [0.3, 0.4) is 0 Å². The van der Waals surface area contributed by atoms with Gasteiger partial charge in [0, 0.05) is 23.5 Å². The van der Waals surface area contributed by atoms with Crippen LogP contribution in [-0.4, -0.2) is 68.7 Å². The minimum absolute atomic E-state index is 0.106. The van der Waals surface area contributed by atoms with Crippen molar-refractivity contribution in [3.05, 3.63) is 36.0 Å². The topological polar surface area (TPSA) is 132 Å². The maximum atomic E-state index is 12.0. The molecule has 1 aliphatic heterocycles. The van der Waals surface area contributed by atoms with Gasteiger partial charge in [0.1, 0.15) is 24.4 Å². The molecule has 0 aliphatic carbocycles. The number of para-hydroxylation sites is 1. The summed E-state index contributed by atoms with van der Waals surface area (Å²) in [5.41, 5.74) is 2.13. The number of carbonyl (C=O) groups is 1. The summed E-state index contributed by atoms with van der Waals surface area (Å²) in [6, 6.07) is 7.88. The van der Waals surface area contributed by atoms with Crippen LogP contribution in [0.25, 0.3) is 10.9 Å². The van der Waals surface area contributed by atoms with Gasteiger partial charge < -0.3 is 34.9 Å². The number of aromatic nitrogens is 1. The van der Waals surface area contributed by atoms with Crippen LogP contribution in [0.4, 0.5) is 0 Å². The zero-order valence-electron chi connectivity index (χ0n) is 14.1. The van der Waals surface area contributed by atoms with E-state index in [0.29, 0.717) is 12.8 Å². The van der Waals surface area contributed by atoms with E-state index in [-0.39, 0.29) is 6.42 Å². The van der Waals surface area contributed by atoms with E-state index < -0.39 is 43.3 Å². The molecule has 0 radical (unpaired) electrons. The Hall–Kier alpha value is -1.97. The standard InChI is InChI=1S/C18H23NO7/c20-9-13-15(22)16(23)17(24)18(25-13)26-14(21)7-3-4-10-8-19-12-6-2-1-5-11(10)12/h1-2,5-6,8,13,15-20,22-24H,3-4,7,9H2. The van der Waals surface area contributed by atoms with Gasteiger partial charge in [-0.05, 0) is 24.5 Å². The van der Waals surface area contributed by atoms with Crippen molar-refractivity contribution in [1.82, 2.24) is 4.98 Å². The maximum absolute atomic E-state index is 12.0. The van der Waals surface area contributed by atoms with Gasteiger partial charge in [0.05, 0.1) is 6.61 Å². The van der Waals surface area contributed by atoms with E-state index in [9.17, 15) is 20.1 Å². The van der Waals surface area contributed by atoms with Crippen LogP contribution in [0.15, 0.2) is 30.5 Å². The van der Waals surface area contributed by atoms with Crippen molar-refractivity contribution in [2.24, 2.45) is 0 Å². The molecule has 8 heteroatoms. The molecule has 2 heterocycles. The average molecular weight is 365 g/mol. The van der Waals surface area contributed by atoms with E-state index in [1.807, 2.05) is 30.5 Å². The summed E-state index contributed by atoms with van der Waals surface area (Å²) < 4.78 is 10.2. The summed E-state index contributed by atoms with van der Waals surface area (Å²) in [7, 11) is 0. The van der Waals surface area contributed by atoms with Gasteiger partial charge >= 0.3 is 5.97 Å². The molecule has 8 nitrogen and oxygen atoms in total. The van der Waals surface area contributed by atoms with Gasteiger partial charge in [-0.1, -0.05) is 18.2 Å². The van der Waals surface area contributed by atoms with E-state index in [0.717, 1.165) is 16.5 Å². The van der Waals surface area contributed by atoms with Crippen LogP contribution in [0.2, 0.25) is 0 Å². The number of benzene rings is 1. The number of ether oxygens (including phenoxy) is 2. The number of H-pyrrole nitrogens is 1. The first-order valence-corrected chi connectivity index (χ1v) is 8.56. The minimum Gasteiger partial charge on any atom is -0.433 e. The highest BCUT2D eigenvalue weighted by molar-refractivity contribution is 5.83. The lowest BCUT2D eigenvalue weighted by Gasteiger charge is -2.39. The minimum atomic E-state index is -1.58. The van der Waals surface area contributed by atoms with E-state index in [1.54, 1.807) is 0 Å². The summed E-state index contributed by atoms with van der Waals surface area (Å²) in [6.45, 7) is -0.570. The van der Waals surface area contributed by atoms with Gasteiger partial charge in [-0.15, -0.1) is 0 Å². The maximum Gasteiger partial charge on any atom is 0.308 e. The molecular weight excluding hydrogens is 342 g/mol. The first-order valence-electron chi connectivity index (χ1n) is 8.56. The van der Waals surface area contributed by atoms with E-state index in [1.165, 1.54) is 0 Å². The quantitative estimate of drug-likeness (QED) is 0.449. The highest BCUT2D eigenvalue weighted by Gasteiger charge is 2.45. The number of carbonyl (C=O) groups excluding carboxylic acids is 1. The smallest absolute Gasteiger partial charge is 0.308 e. The third kappa shape index (κ3) is 3.89. The molecule has 1 aromatic carbocycles. The number of hydrogen-bond donors (Lipinski definition) is 5. The molecule has 1 fully saturated rings. The Bertz CT molecular complexity index is 744. The number of nitrogens with one attached hydrogen (secondary N) is 1. The first kappa shape index (κ1) is 18.8. The third-order valence-corrected chi connectivity index (χ3v) is 4.60. The molecule has 0 bridgehead atoms. The lowest BCUT2D eigenvalue weighted by molar-refractivity contribution is -0.292. The zero-order valence-corrected chi connectivity index (χ0v) is 14.1. The molecule has 1 saturated heterocycles. The van der Waals surface area contributed by atoms with Crippen LogP contribution in [0.5, 0.6) is 0 Å². The molecule has 5 atom stereocenters. The molecule has 0 spiro atoms. The fourth-order valence-electron chi connectivity index (χ4n) is 3.11. The van der Waals surface area contributed by atoms with E-state index >= 15 is 0 Å². The van der Waals surface area contributed by atoms with Crippen molar-refractivity contribution in [2.75, 3.05) is 6.61 Å². The molecule has 2 aromatic rings. The number of aromatic amines is 1. The van der Waals surface area contributed by atoms with Crippen LogP contribution in [0, 0.1) is 0 Å². The SMILES string of the molecule is O=C(CCCc1c[nH]c2ccccc12)OC1OC(CO)C(O)C(O)C1O. The summed E-state index contributed by atoms with van der Waals surface area (Å²) >= 11 is 0. The molecule has 1 aliphatic rings. The first-order chi connectivity index (χ1) is 12.5. The molecule has 1 aromatic heterocycles. The monoisotopic (exact) mass is 365 g/mol. The Morgan fingerprint density at radius 1 is 1.15 bits per heavy atom. The second-order valence-electron chi connectivity index (χ2n) is 6.40. The van der Waals surface area contributed by atoms with E-state index in [2.05, 4.69) is 4.98 Å². The Morgan fingerprint density at radius 3 is 2.69 bits per heavy atom. The van der Waals surface area contributed by atoms with Crippen molar-refractivity contribution in [1.29, 1.82) is 0 Å². The number of hydrogen-bond acceptors (Lipinski definition) is 7. The fraction of sp³-hybridized carbons (Fsp3) is 0.500. The Morgan fingerprint density at radius 2 is 1.92 bits per heavy atom. The molecule has 5 N–H and O–H groups in total. The predicted molar refractivity (Wildman–Crippen MR) is 91.1 cm³/mol. The highest BCUT2D eigenvalue weighted by atomic mass is 16.7.